The van der Waals surface area contributed by atoms with Gasteiger partial charge in [-0.3, -0.25) is 0 Å². The Morgan fingerprint density at radius 2 is 2.00 bits per heavy atom. The van der Waals surface area contributed by atoms with E-state index < -0.39 is 8.25 Å². The minimum absolute atomic E-state index is 0.328. The van der Waals surface area contributed by atoms with Crippen molar-refractivity contribution in [1.29, 1.82) is 5.26 Å². The molecule has 0 bridgehead atoms. The summed E-state index contributed by atoms with van der Waals surface area (Å²) in [6, 6.07) is 1.53. The Balaban J connectivity index is 0. The summed E-state index contributed by atoms with van der Waals surface area (Å²) < 4.78 is 13.4. The molecule has 0 spiro atoms. The first-order chi connectivity index (χ1) is 5.18. The van der Waals surface area contributed by atoms with Crippen molar-refractivity contribution in [1.82, 2.24) is 0 Å². The van der Waals surface area contributed by atoms with E-state index in [1.54, 1.807) is 0 Å². The Bertz CT molecular complexity index is 130. The number of hydrogen-bond acceptors (Lipinski definition) is 3. The van der Waals surface area contributed by atoms with Crippen molar-refractivity contribution < 1.29 is 14.0 Å². The highest BCUT2D eigenvalue weighted by atomic mass is 31.1. The molecule has 11 heavy (non-hydrogen) atoms. The molecule has 0 fully saturated rings. The third kappa shape index (κ3) is 26.4. The average molecular weight is 178 g/mol. The maximum atomic E-state index is 9.53. The van der Waals surface area contributed by atoms with E-state index in [1.807, 2.05) is 0 Å². The number of unbranched alkanes of at least 4 members (excludes halogenated alkanes) is 1. The summed E-state index contributed by atoms with van der Waals surface area (Å²) in [6.07, 6.45) is 2.64. The zero-order chi connectivity index (χ0) is 9.11. The molecule has 0 aromatic rings. The Morgan fingerprint density at radius 1 is 1.55 bits per heavy atom. The highest BCUT2D eigenvalue weighted by molar-refractivity contribution is 7.32. The van der Waals surface area contributed by atoms with Gasteiger partial charge in [-0.05, 0) is 0 Å². The summed E-state index contributed by atoms with van der Waals surface area (Å²) in [4.78, 5) is 7.82. The summed E-state index contributed by atoms with van der Waals surface area (Å²) in [5.74, 6) is 0. The fourth-order valence-electron chi connectivity index (χ4n) is 0.0841. The second-order valence-corrected chi connectivity index (χ2v) is 2.40. The Morgan fingerprint density at radius 3 is 2.09 bits per heavy atom. The number of nitrogens with zero attached hydrogens (tertiary/aromatic N) is 1. The number of hydrogen-bond donors (Lipinski definition) is 1. The van der Waals surface area contributed by atoms with Gasteiger partial charge < -0.3 is 0 Å². The molecule has 1 N–H and O–H groups in total. The van der Waals surface area contributed by atoms with Crippen LogP contribution in [0.1, 0.15) is 26.7 Å². The minimum Gasteiger partial charge on any atom is -0.196 e. The fourth-order valence-corrected chi connectivity index (χ4v) is 0.252. The first-order valence-electron chi connectivity index (χ1n) is 3.35. The minimum atomic E-state index is -2.58. The predicted octanol–water partition coefficient (Wildman–Crippen LogP) is 1.98. The van der Waals surface area contributed by atoms with Gasteiger partial charge in [0.15, 0.2) is 6.61 Å². The molecule has 0 radical (unpaired) electrons. The van der Waals surface area contributed by atoms with Crippen LogP contribution in [0.15, 0.2) is 0 Å². The van der Waals surface area contributed by atoms with Gasteiger partial charge in [0.1, 0.15) is 0 Å². The van der Waals surface area contributed by atoms with Crippen molar-refractivity contribution in [2.75, 3.05) is 6.61 Å². The smallest absolute Gasteiger partial charge is 0.196 e. The summed E-state index contributed by atoms with van der Waals surface area (Å²) in [5, 5.41) is 7.70. The largest absolute Gasteiger partial charge is 0.695 e. The molecular weight excluding hydrogens is 165 g/mol. The van der Waals surface area contributed by atoms with Crippen molar-refractivity contribution in [2.45, 2.75) is 26.7 Å². The molecule has 0 aromatic carbocycles. The molecule has 64 valence electrons. The van der Waals surface area contributed by atoms with Crippen LogP contribution in [-0.2, 0) is 9.09 Å². The van der Waals surface area contributed by atoms with Crippen LogP contribution in [-0.4, -0.2) is 11.5 Å². The van der Waals surface area contributed by atoms with Crippen LogP contribution in [0, 0.1) is 11.3 Å². The average Bonchev–Trinajstić information content (AvgIpc) is 2.01. The zero-order valence-electron chi connectivity index (χ0n) is 6.78. The lowest BCUT2D eigenvalue weighted by Crippen LogP contribution is -1.76. The Kier molecular flexibility index (Phi) is 14.6. The lowest BCUT2D eigenvalue weighted by molar-refractivity contribution is 0.316. The van der Waals surface area contributed by atoms with Gasteiger partial charge in [0, 0.05) is 4.57 Å². The fraction of sp³-hybridized carbons (Fsp3) is 0.833. The molecule has 1 unspecified atom stereocenters. The van der Waals surface area contributed by atoms with E-state index in [0.29, 0.717) is 0 Å². The normalized spacial score (nSPS) is 9.09. The van der Waals surface area contributed by atoms with Crippen molar-refractivity contribution in [3.8, 4) is 6.07 Å². The highest BCUT2D eigenvalue weighted by Gasteiger charge is 2.08. The molecule has 1 atom stereocenters. The Hall–Kier alpha value is -0.490. The van der Waals surface area contributed by atoms with E-state index >= 15 is 0 Å². The van der Waals surface area contributed by atoms with E-state index in [0.717, 1.165) is 0 Å². The summed E-state index contributed by atoms with van der Waals surface area (Å²) >= 11 is 0. The lowest BCUT2D eigenvalue weighted by atomic mass is 10.4. The van der Waals surface area contributed by atoms with Gasteiger partial charge in [0.2, 0.25) is 0 Å². The van der Waals surface area contributed by atoms with E-state index in [9.17, 15) is 4.57 Å². The van der Waals surface area contributed by atoms with Crippen molar-refractivity contribution in [3.63, 3.8) is 0 Å². The van der Waals surface area contributed by atoms with Crippen LogP contribution in [0.4, 0.5) is 0 Å². The second kappa shape index (κ2) is 12.2. The van der Waals surface area contributed by atoms with Crippen LogP contribution in [0.2, 0.25) is 0 Å². The molecule has 0 saturated carbocycles. The van der Waals surface area contributed by atoms with Crippen LogP contribution >= 0.6 is 8.25 Å². The van der Waals surface area contributed by atoms with Gasteiger partial charge in [-0.25, -0.2) is 0 Å². The molecule has 0 rings (SSSR count). The monoisotopic (exact) mass is 178 g/mol. The maximum Gasteiger partial charge on any atom is 0.695 e. The molecule has 0 aliphatic heterocycles. The van der Waals surface area contributed by atoms with Crippen LogP contribution in [0.25, 0.3) is 0 Å². The topological polar surface area (TPSA) is 70.3 Å². The van der Waals surface area contributed by atoms with Gasteiger partial charge >= 0.3 is 8.25 Å². The molecular formula is C6H13NO3P+. The zero-order valence-corrected chi connectivity index (χ0v) is 7.67. The molecule has 0 aliphatic rings. The first-order valence-corrected chi connectivity index (χ1v) is 4.48. The van der Waals surface area contributed by atoms with Crippen LogP contribution in [0.3, 0.4) is 0 Å². The van der Waals surface area contributed by atoms with Gasteiger partial charge in [-0.15, -0.1) is 9.42 Å². The number of rotatable bonds is 3. The first kappa shape index (κ1) is 13.1. The predicted molar refractivity (Wildman–Crippen MR) is 42.0 cm³/mol. The van der Waals surface area contributed by atoms with E-state index in [2.05, 4.69) is 18.4 Å². The molecule has 0 heterocycles. The molecule has 0 amide bonds. The van der Waals surface area contributed by atoms with E-state index in [4.69, 9.17) is 10.2 Å². The third-order valence-electron chi connectivity index (χ3n) is 0.740. The lowest BCUT2D eigenvalue weighted by Gasteiger charge is -1.68. The summed E-state index contributed by atoms with van der Waals surface area (Å²) in [7, 11) is -2.58. The molecule has 0 aliphatic carbocycles. The third-order valence-corrected chi connectivity index (χ3v) is 1.09. The van der Waals surface area contributed by atoms with Crippen molar-refractivity contribution >= 4 is 8.25 Å². The summed E-state index contributed by atoms with van der Waals surface area (Å²) in [6.45, 7) is 4.03. The molecule has 0 aromatic heterocycles. The van der Waals surface area contributed by atoms with Crippen LogP contribution in [0.5, 0.6) is 0 Å². The Labute approximate surface area is 67.7 Å². The SMILES string of the molecule is CCCC.N#CCO[P+](=O)O. The van der Waals surface area contributed by atoms with Crippen molar-refractivity contribution in [3.05, 3.63) is 0 Å². The van der Waals surface area contributed by atoms with Gasteiger partial charge in [0.25, 0.3) is 0 Å². The molecule has 4 nitrogen and oxygen atoms in total. The molecule has 5 heteroatoms. The quantitative estimate of drug-likeness (QED) is 0.671. The maximum absolute atomic E-state index is 9.53. The number of nitriles is 1. The second-order valence-electron chi connectivity index (χ2n) is 1.67. The standard InChI is InChI=1S/C4H10.C2H2NO3P/c1-3-4-2;3-1-2-6-7(4)5/h3-4H2,1-2H3;2H2/p+1. The van der Waals surface area contributed by atoms with Gasteiger partial charge in [-0.2, -0.15) is 5.26 Å². The van der Waals surface area contributed by atoms with E-state index in [-0.39, 0.29) is 6.61 Å². The van der Waals surface area contributed by atoms with Crippen molar-refractivity contribution in [2.24, 2.45) is 0 Å². The highest BCUT2D eigenvalue weighted by Crippen LogP contribution is 2.12. The van der Waals surface area contributed by atoms with Crippen LogP contribution < -0.4 is 0 Å². The van der Waals surface area contributed by atoms with E-state index in [1.165, 1.54) is 18.9 Å². The molecule has 0 saturated heterocycles. The summed E-state index contributed by atoms with van der Waals surface area (Å²) in [5.41, 5.74) is 0. The van der Waals surface area contributed by atoms with Gasteiger partial charge in [-0.1, -0.05) is 26.7 Å². The van der Waals surface area contributed by atoms with Gasteiger partial charge in [0.05, 0.1) is 6.07 Å².